The Balaban J connectivity index is 1.18. The summed E-state index contributed by atoms with van der Waals surface area (Å²) in [6.45, 7) is 0. The fraction of sp³-hybridized carbons (Fsp3) is 0.0377. The van der Waals surface area contributed by atoms with Gasteiger partial charge in [-0.1, -0.05) is 127 Å². The lowest BCUT2D eigenvalue weighted by Crippen LogP contribution is -2.09. The van der Waals surface area contributed by atoms with E-state index >= 15 is 0 Å². The van der Waals surface area contributed by atoms with E-state index in [0.29, 0.717) is 0 Å². The molecule has 0 bridgehead atoms. The fourth-order valence-corrected chi connectivity index (χ4v) is 8.55. The Morgan fingerprint density at radius 1 is 0.351 bits per heavy atom. The van der Waals surface area contributed by atoms with Crippen LogP contribution in [-0.4, -0.2) is 14.1 Å². The molecule has 0 saturated heterocycles. The topological polar surface area (TPSA) is 26.0 Å². The quantitative estimate of drug-likeness (QED) is 0.145. The standard InChI is InChI=1S/C53H40N4/c1-55-48(38-15-6-3-7-16-38)30-32-50(55)52-44-22-12-13-23-45(44)53(51-33-31-49(56(51)2)39-17-8-4-9-18-39)47-35-40(26-29-46(47)52)37-24-27-42(28-25-37)57(41-19-10-5-11-20-41)43-21-14-34-54-36-43/h3-36H,1-2H3. The second kappa shape index (κ2) is 14.3. The van der Waals surface area contributed by atoms with E-state index in [-0.39, 0.29) is 0 Å². The molecule has 272 valence electrons. The number of aromatic nitrogens is 3. The summed E-state index contributed by atoms with van der Waals surface area (Å²) in [7, 11) is 4.38. The molecular formula is C53H40N4. The van der Waals surface area contributed by atoms with Gasteiger partial charge in [-0.05, 0) is 111 Å². The van der Waals surface area contributed by atoms with Crippen LogP contribution in [0, 0.1) is 0 Å². The molecule has 0 saturated carbocycles. The minimum Gasteiger partial charge on any atom is -0.344 e. The average molecular weight is 733 g/mol. The predicted octanol–water partition coefficient (Wildman–Crippen LogP) is 13.9. The molecule has 0 aliphatic rings. The highest BCUT2D eigenvalue weighted by molar-refractivity contribution is 6.21. The lowest BCUT2D eigenvalue weighted by molar-refractivity contribution is 0.947. The first kappa shape index (κ1) is 34.1. The Morgan fingerprint density at radius 3 is 1.37 bits per heavy atom. The van der Waals surface area contributed by atoms with Crippen LogP contribution < -0.4 is 4.90 Å². The highest BCUT2D eigenvalue weighted by Crippen LogP contribution is 2.46. The van der Waals surface area contributed by atoms with E-state index in [4.69, 9.17) is 0 Å². The van der Waals surface area contributed by atoms with Crippen molar-refractivity contribution in [2.45, 2.75) is 0 Å². The Labute approximate surface area is 333 Å². The first-order valence-electron chi connectivity index (χ1n) is 19.4. The number of pyridine rings is 1. The molecule has 0 radical (unpaired) electrons. The van der Waals surface area contributed by atoms with Gasteiger partial charge < -0.3 is 14.0 Å². The predicted molar refractivity (Wildman–Crippen MR) is 239 cm³/mol. The van der Waals surface area contributed by atoms with Crippen molar-refractivity contribution in [2.75, 3.05) is 4.90 Å². The zero-order valence-electron chi connectivity index (χ0n) is 31.9. The highest BCUT2D eigenvalue weighted by Gasteiger charge is 2.22. The SMILES string of the molecule is Cn1c(-c2ccccc2)ccc1-c1c2ccccc2c(-c2ccc(-c3ccccc3)n2C)c2cc(-c3ccc(N(c4ccccc4)c4cccnc4)cc3)ccc12. The molecule has 0 fully saturated rings. The molecule has 0 amide bonds. The summed E-state index contributed by atoms with van der Waals surface area (Å²) in [5.74, 6) is 0. The van der Waals surface area contributed by atoms with Gasteiger partial charge in [0.25, 0.3) is 0 Å². The van der Waals surface area contributed by atoms with Gasteiger partial charge in [-0.25, -0.2) is 0 Å². The number of anilines is 3. The van der Waals surface area contributed by atoms with E-state index < -0.39 is 0 Å². The Morgan fingerprint density at radius 2 is 0.807 bits per heavy atom. The summed E-state index contributed by atoms with van der Waals surface area (Å²) in [6, 6.07) is 69.8. The van der Waals surface area contributed by atoms with Crippen LogP contribution in [-0.2, 0) is 14.1 Å². The summed E-state index contributed by atoms with van der Waals surface area (Å²) in [4.78, 5) is 6.68. The molecule has 3 aromatic heterocycles. The third-order valence-electron chi connectivity index (χ3n) is 11.3. The second-order valence-corrected chi connectivity index (χ2v) is 14.5. The van der Waals surface area contributed by atoms with E-state index in [9.17, 15) is 0 Å². The monoisotopic (exact) mass is 732 g/mol. The van der Waals surface area contributed by atoms with Crippen molar-refractivity contribution in [2.24, 2.45) is 14.1 Å². The molecule has 0 N–H and O–H groups in total. The van der Waals surface area contributed by atoms with E-state index in [0.717, 1.165) is 22.6 Å². The summed E-state index contributed by atoms with van der Waals surface area (Å²) in [5.41, 5.74) is 15.1. The molecule has 0 aliphatic heterocycles. The molecule has 0 spiro atoms. The molecule has 0 unspecified atom stereocenters. The van der Waals surface area contributed by atoms with Crippen molar-refractivity contribution in [3.05, 3.63) is 207 Å². The van der Waals surface area contributed by atoms with Crippen LogP contribution in [0.15, 0.2) is 207 Å². The Bertz CT molecular complexity index is 2960. The third kappa shape index (κ3) is 5.99. The molecule has 3 heterocycles. The van der Waals surface area contributed by atoms with Crippen LogP contribution in [0.25, 0.3) is 77.7 Å². The molecule has 10 aromatic rings. The number of nitrogens with zero attached hydrogens (tertiary/aromatic N) is 4. The molecule has 7 aromatic carbocycles. The zero-order chi connectivity index (χ0) is 38.3. The van der Waals surface area contributed by atoms with Crippen LogP contribution in [0.2, 0.25) is 0 Å². The van der Waals surface area contributed by atoms with Crippen molar-refractivity contribution in [1.82, 2.24) is 14.1 Å². The number of para-hydroxylation sites is 1. The lowest BCUT2D eigenvalue weighted by Gasteiger charge is -2.25. The summed E-state index contributed by atoms with van der Waals surface area (Å²) < 4.78 is 4.70. The van der Waals surface area contributed by atoms with Crippen LogP contribution >= 0.6 is 0 Å². The number of hydrogen-bond acceptors (Lipinski definition) is 2. The van der Waals surface area contributed by atoms with Gasteiger partial charge >= 0.3 is 0 Å². The van der Waals surface area contributed by atoms with Crippen molar-refractivity contribution >= 4 is 38.6 Å². The molecular weight excluding hydrogens is 693 g/mol. The van der Waals surface area contributed by atoms with Crippen LogP contribution in [0.4, 0.5) is 17.1 Å². The molecule has 0 aliphatic carbocycles. The minimum atomic E-state index is 1.01. The first-order valence-corrected chi connectivity index (χ1v) is 19.4. The van der Waals surface area contributed by atoms with Gasteiger partial charge in [-0.15, -0.1) is 0 Å². The number of benzene rings is 7. The molecule has 4 heteroatoms. The van der Waals surface area contributed by atoms with Gasteiger partial charge in [0, 0.05) is 65.6 Å². The highest BCUT2D eigenvalue weighted by atomic mass is 15.1. The van der Waals surface area contributed by atoms with Gasteiger partial charge in [0.1, 0.15) is 0 Å². The van der Waals surface area contributed by atoms with E-state index in [1.54, 1.807) is 0 Å². The van der Waals surface area contributed by atoms with Gasteiger partial charge in [0.2, 0.25) is 0 Å². The lowest BCUT2D eigenvalue weighted by atomic mass is 9.87. The zero-order valence-corrected chi connectivity index (χ0v) is 31.9. The summed E-state index contributed by atoms with van der Waals surface area (Å²) in [6.07, 6.45) is 3.73. The van der Waals surface area contributed by atoms with Gasteiger partial charge in [0.15, 0.2) is 0 Å². The maximum atomic E-state index is 4.44. The summed E-state index contributed by atoms with van der Waals surface area (Å²) in [5, 5.41) is 4.90. The maximum absolute atomic E-state index is 4.44. The minimum absolute atomic E-state index is 1.01. The molecule has 0 atom stereocenters. The van der Waals surface area contributed by atoms with E-state index in [2.05, 4.69) is 221 Å². The summed E-state index contributed by atoms with van der Waals surface area (Å²) >= 11 is 0. The Kier molecular flexibility index (Phi) is 8.57. The first-order chi connectivity index (χ1) is 28.1. The van der Waals surface area contributed by atoms with Crippen molar-refractivity contribution in [3.63, 3.8) is 0 Å². The normalized spacial score (nSPS) is 11.3. The van der Waals surface area contributed by atoms with Crippen LogP contribution in [0.1, 0.15) is 0 Å². The van der Waals surface area contributed by atoms with Crippen molar-refractivity contribution < 1.29 is 0 Å². The number of fused-ring (bicyclic) bond motifs is 2. The Hall–Kier alpha value is -7.43. The van der Waals surface area contributed by atoms with E-state index in [1.807, 2.05) is 18.5 Å². The average Bonchev–Trinajstić information content (AvgIpc) is 3.85. The van der Waals surface area contributed by atoms with Gasteiger partial charge in [0.05, 0.1) is 11.9 Å². The smallest absolute Gasteiger partial charge is 0.0644 e. The maximum Gasteiger partial charge on any atom is 0.0644 e. The number of rotatable bonds is 8. The van der Waals surface area contributed by atoms with Crippen LogP contribution in [0.5, 0.6) is 0 Å². The van der Waals surface area contributed by atoms with Crippen LogP contribution in [0.3, 0.4) is 0 Å². The second-order valence-electron chi connectivity index (χ2n) is 14.5. The third-order valence-corrected chi connectivity index (χ3v) is 11.3. The number of hydrogen-bond donors (Lipinski definition) is 0. The fourth-order valence-electron chi connectivity index (χ4n) is 8.55. The van der Waals surface area contributed by atoms with Crippen molar-refractivity contribution in [1.29, 1.82) is 0 Å². The van der Waals surface area contributed by atoms with E-state index in [1.165, 1.54) is 72.1 Å². The molecule has 4 nitrogen and oxygen atoms in total. The van der Waals surface area contributed by atoms with Crippen molar-refractivity contribution in [3.8, 4) is 56.2 Å². The molecule has 57 heavy (non-hydrogen) atoms. The largest absolute Gasteiger partial charge is 0.344 e. The van der Waals surface area contributed by atoms with Gasteiger partial charge in [-0.3, -0.25) is 4.98 Å². The van der Waals surface area contributed by atoms with Gasteiger partial charge in [-0.2, -0.15) is 0 Å². The molecule has 10 rings (SSSR count).